The summed E-state index contributed by atoms with van der Waals surface area (Å²) in [6.45, 7) is 6.10. The van der Waals surface area contributed by atoms with Crippen molar-refractivity contribution in [2.75, 3.05) is 18.0 Å². The molecule has 3 nitrogen and oxygen atoms in total. The summed E-state index contributed by atoms with van der Waals surface area (Å²) in [5.74, 6) is 0.298. The molecular formula is C18H21NO2. The molecule has 110 valence electrons. The Hall–Kier alpha value is -2.00. The lowest BCUT2D eigenvalue weighted by molar-refractivity contribution is -0.00521. The zero-order chi connectivity index (χ0) is 14.8. The fraction of sp³-hybridized carbons (Fsp3) is 0.333. The van der Waals surface area contributed by atoms with Crippen LogP contribution in [0.3, 0.4) is 0 Å². The Bertz CT molecular complexity index is 582. The van der Waals surface area contributed by atoms with Gasteiger partial charge < -0.3 is 14.7 Å². The van der Waals surface area contributed by atoms with Crippen LogP contribution in [0.15, 0.2) is 48.5 Å². The molecule has 1 N–H and O–H groups in total. The summed E-state index contributed by atoms with van der Waals surface area (Å²) in [6.07, 6.45) is 0.538. The van der Waals surface area contributed by atoms with E-state index in [1.807, 2.05) is 12.1 Å². The molecule has 0 saturated carbocycles. The molecule has 0 bridgehead atoms. The molecule has 2 aromatic rings. The van der Waals surface area contributed by atoms with Crippen molar-refractivity contribution in [2.24, 2.45) is 0 Å². The van der Waals surface area contributed by atoms with Crippen LogP contribution in [0.2, 0.25) is 0 Å². The molecule has 0 aromatic heterocycles. The minimum absolute atomic E-state index is 0.269. The number of aromatic hydroxyl groups is 1. The van der Waals surface area contributed by atoms with E-state index in [0.29, 0.717) is 5.75 Å². The molecule has 1 aliphatic rings. The molecule has 1 fully saturated rings. The van der Waals surface area contributed by atoms with E-state index in [4.69, 9.17) is 4.74 Å². The molecule has 3 rings (SSSR count). The molecule has 21 heavy (non-hydrogen) atoms. The number of phenolic OH excluding ortho intramolecular Hbond substituents is 1. The molecule has 3 heteroatoms. The Kier molecular flexibility index (Phi) is 3.84. The van der Waals surface area contributed by atoms with Gasteiger partial charge in [0.25, 0.3) is 0 Å². The van der Waals surface area contributed by atoms with Crippen LogP contribution in [0.1, 0.15) is 13.8 Å². The quantitative estimate of drug-likeness (QED) is 0.912. The van der Waals surface area contributed by atoms with Crippen LogP contribution in [0.25, 0.3) is 11.1 Å². The Labute approximate surface area is 125 Å². The number of hydrogen-bond donors (Lipinski definition) is 1. The lowest BCUT2D eigenvalue weighted by atomic mass is 10.0. The number of nitrogens with zero attached hydrogens (tertiary/aromatic N) is 1. The number of morpholine rings is 1. The van der Waals surface area contributed by atoms with E-state index in [-0.39, 0.29) is 12.2 Å². The van der Waals surface area contributed by atoms with Gasteiger partial charge in [-0.1, -0.05) is 24.3 Å². The zero-order valence-corrected chi connectivity index (χ0v) is 12.5. The van der Waals surface area contributed by atoms with Gasteiger partial charge in [0.15, 0.2) is 0 Å². The summed E-state index contributed by atoms with van der Waals surface area (Å²) in [5.41, 5.74) is 3.51. The third-order valence-electron chi connectivity index (χ3n) is 3.85. The first-order chi connectivity index (χ1) is 10.1. The molecule has 2 unspecified atom stereocenters. The van der Waals surface area contributed by atoms with Crippen molar-refractivity contribution < 1.29 is 9.84 Å². The van der Waals surface area contributed by atoms with Crippen molar-refractivity contribution >= 4 is 5.69 Å². The van der Waals surface area contributed by atoms with Crippen molar-refractivity contribution in [2.45, 2.75) is 26.1 Å². The highest BCUT2D eigenvalue weighted by Crippen LogP contribution is 2.26. The summed E-state index contributed by atoms with van der Waals surface area (Å²) in [5, 5.41) is 9.35. The number of anilines is 1. The van der Waals surface area contributed by atoms with Gasteiger partial charge in [0, 0.05) is 18.8 Å². The second-order valence-corrected chi connectivity index (χ2v) is 5.76. The van der Waals surface area contributed by atoms with Crippen LogP contribution in [0.4, 0.5) is 5.69 Å². The van der Waals surface area contributed by atoms with Gasteiger partial charge in [0.2, 0.25) is 0 Å². The van der Waals surface area contributed by atoms with Gasteiger partial charge in [-0.05, 0) is 49.2 Å². The standard InChI is InChI=1S/C18H21NO2/c1-13-11-19(12-14(2)21-13)17-7-3-15(4-8-17)16-5-9-18(20)10-6-16/h3-10,13-14,20H,11-12H2,1-2H3. The Balaban J connectivity index is 1.79. The van der Waals surface area contributed by atoms with Gasteiger partial charge in [-0.2, -0.15) is 0 Å². The molecule has 1 aliphatic heterocycles. The summed E-state index contributed by atoms with van der Waals surface area (Å²) in [4.78, 5) is 2.37. The highest BCUT2D eigenvalue weighted by molar-refractivity contribution is 5.67. The first-order valence-electron chi connectivity index (χ1n) is 7.42. The van der Waals surface area contributed by atoms with Crippen LogP contribution in [0.5, 0.6) is 5.75 Å². The number of phenols is 1. The molecule has 0 amide bonds. The van der Waals surface area contributed by atoms with Crippen LogP contribution >= 0.6 is 0 Å². The van der Waals surface area contributed by atoms with Crippen molar-refractivity contribution in [1.29, 1.82) is 0 Å². The van der Waals surface area contributed by atoms with E-state index in [0.717, 1.165) is 24.2 Å². The highest BCUT2D eigenvalue weighted by atomic mass is 16.5. The molecule has 0 radical (unpaired) electrons. The van der Waals surface area contributed by atoms with Crippen molar-refractivity contribution in [3.8, 4) is 16.9 Å². The summed E-state index contributed by atoms with van der Waals surface area (Å²) in [6, 6.07) is 15.9. The fourth-order valence-corrected chi connectivity index (χ4v) is 2.91. The minimum atomic E-state index is 0.269. The second-order valence-electron chi connectivity index (χ2n) is 5.76. The van der Waals surface area contributed by atoms with Gasteiger partial charge in [0.05, 0.1) is 12.2 Å². The third-order valence-corrected chi connectivity index (χ3v) is 3.85. The number of ether oxygens (including phenoxy) is 1. The maximum absolute atomic E-state index is 9.35. The Morgan fingerprint density at radius 1 is 0.857 bits per heavy atom. The Morgan fingerprint density at radius 2 is 1.33 bits per heavy atom. The predicted molar refractivity (Wildman–Crippen MR) is 85.8 cm³/mol. The molecular weight excluding hydrogens is 262 g/mol. The maximum Gasteiger partial charge on any atom is 0.115 e. The van der Waals surface area contributed by atoms with E-state index in [9.17, 15) is 5.11 Å². The number of benzene rings is 2. The van der Waals surface area contributed by atoms with E-state index < -0.39 is 0 Å². The molecule has 2 atom stereocenters. The average molecular weight is 283 g/mol. The maximum atomic E-state index is 9.35. The van der Waals surface area contributed by atoms with Crippen LogP contribution in [-0.2, 0) is 4.74 Å². The topological polar surface area (TPSA) is 32.7 Å². The third kappa shape index (κ3) is 3.19. The van der Waals surface area contributed by atoms with Crippen LogP contribution < -0.4 is 4.90 Å². The fourth-order valence-electron chi connectivity index (χ4n) is 2.91. The van der Waals surface area contributed by atoms with Crippen molar-refractivity contribution in [3.05, 3.63) is 48.5 Å². The van der Waals surface area contributed by atoms with Crippen molar-refractivity contribution in [1.82, 2.24) is 0 Å². The van der Waals surface area contributed by atoms with E-state index in [2.05, 4.69) is 43.0 Å². The molecule has 0 spiro atoms. The predicted octanol–water partition coefficient (Wildman–Crippen LogP) is 3.67. The van der Waals surface area contributed by atoms with Gasteiger partial charge >= 0.3 is 0 Å². The molecule has 1 heterocycles. The lowest BCUT2D eigenvalue weighted by Crippen LogP contribution is -2.45. The first-order valence-corrected chi connectivity index (χ1v) is 7.42. The van der Waals surface area contributed by atoms with Crippen molar-refractivity contribution in [3.63, 3.8) is 0 Å². The monoisotopic (exact) mass is 283 g/mol. The lowest BCUT2D eigenvalue weighted by Gasteiger charge is -2.36. The number of hydrogen-bond acceptors (Lipinski definition) is 3. The average Bonchev–Trinajstić information content (AvgIpc) is 2.47. The van der Waals surface area contributed by atoms with E-state index in [1.165, 1.54) is 5.69 Å². The van der Waals surface area contributed by atoms with E-state index in [1.54, 1.807) is 12.1 Å². The van der Waals surface area contributed by atoms with Crippen LogP contribution in [-0.4, -0.2) is 30.4 Å². The van der Waals surface area contributed by atoms with E-state index >= 15 is 0 Å². The van der Waals surface area contributed by atoms with Gasteiger partial charge in [-0.3, -0.25) is 0 Å². The minimum Gasteiger partial charge on any atom is -0.508 e. The zero-order valence-electron chi connectivity index (χ0n) is 12.5. The smallest absolute Gasteiger partial charge is 0.115 e. The molecule has 1 saturated heterocycles. The molecule has 0 aliphatic carbocycles. The highest BCUT2D eigenvalue weighted by Gasteiger charge is 2.22. The summed E-state index contributed by atoms with van der Waals surface area (Å²) >= 11 is 0. The number of rotatable bonds is 2. The summed E-state index contributed by atoms with van der Waals surface area (Å²) < 4.78 is 5.78. The molecule has 2 aromatic carbocycles. The van der Waals surface area contributed by atoms with Crippen LogP contribution in [0, 0.1) is 0 Å². The largest absolute Gasteiger partial charge is 0.508 e. The first kappa shape index (κ1) is 14.0. The Morgan fingerprint density at radius 3 is 1.86 bits per heavy atom. The van der Waals surface area contributed by atoms with Gasteiger partial charge in [-0.25, -0.2) is 0 Å². The SMILES string of the molecule is CC1CN(c2ccc(-c3ccc(O)cc3)cc2)CC(C)O1. The summed E-state index contributed by atoms with van der Waals surface area (Å²) in [7, 11) is 0. The normalized spacial score (nSPS) is 22.3. The second kappa shape index (κ2) is 5.78. The van der Waals surface area contributed by atoms with Gasteiger partial charge in [-0.15, -0.1) is 0 Å². The van der Waals surface area contributed by atoms with Gasteiger partial charge in [0.1, 0.15) is 5.75 Å².